The van der Waals surface area contributed by atoms with Gasteiger partial charge in [0, 0.05) is 23.3 Å². The highest BCUT2D eigenvalue weighted by atomic mass is 35.5. The van der Waals surface area contributed by atoms with E-state index in [1.165, 1.54) is 0 Å². The summed E-state index contributed by atoms with van der Waals surface area (Å²) in [5, 5.41) is 15.9. The van der Waals surface area contributed by atoms with Gasteiger partial charge >= 0.3 is 6.03 Å². The van der Waals surface area contributed by atoms with Gasteiger partial charge in [-0.2, -0.15) is 0 Å². The Hall–Kier alpha value is -2.44. The zero-order chi connectivity index (χ0) is 16.2. The third-order valence-corrected chi connectivity index (χ3v) is 3.59. The van der Waals surface area contributed by atoms with Crippen molar-refractivity contribution < 1.29 is 19.4 Å². The molecule has 1 atom stereocenters. The third kappa shape index (κ3) is 3.85. The smallest absolute Gasteiger partial charge is 0.319 e. The first-order valence-electron chi connectivity index (χ1n) is 7.00. The number of halogens is 1. The SMILES string of the molecule is O=C(NC[C@@H](O)c1ccc(Cl)cc1)Nc1ccc2c(c1)OCO2. The summed E-state index contributed by atoms with van der Waals surface area (Å²) in [6.45, 7) is 0.260. The largest absolute Gasteiger partial charge is 0.454 e. The van der Waals surface area contributed by atoms with Gasteiger partial charge in [0.05, 0.1) is 6.10 Å². The lowest BCUT2D eigenvalue weighted by Crippen LogP contribution is -2.32. The van der Waals surface area contributed by atoms with Crippen LogP contribution >= 0.6 is 11.6 Å². The third-order valence-electron chi connectivity index (χ3n) is 3.34. The van der Waals surface area contributed by atoms with Crippen molar-refractivity contribution in [3.63, 3.8) is 0 Å². The Labute approximate surface area is 138 Å². The van der Waals surface area contributed by atoms with Crippen LogP contribution in [0.15, 0.2) is 42.5 Å². The summed E-state index contributed by atoms with van der Waals surface area (Å²) in [6.07, 6.45) is -0.810. The lowest BCUT2D eigenvalue weighted by atomic mass is 10.1. The van der Waals surface area contributed by atoms with Crippen molar-refractivity contribution in [1.82, 2.24) is 5.32 Å². The van der Waals surface area contributed by atoms with E-state index in [9.17, 15) is 9.90 Å². The van der Waals surface area contributed by atoms with E-state index in [2.05, 4.69) is 10.6 Å². The van der Waals surface area contributed by atoms with Gasteiger partial charge < -0.3 is 25.2 Å². The molecular formula is C16H15ClN2O4. The van der Waals surface area contributed by atoms with Crippen LogP contribution in [0.3, 0.4) is 0 Å². The highest BCUT2D eigenvalue weighted by molar-refractivity contribution is 6.30. The average Bonchev–Trinajstić information content (AvgIpc) is 3.01. The lowest BCUT2D eigenvalue weighted by Gasteiger charge is -2.13. The van der Waals surface area contributed by atoms with Gasteiger partial charge in [-0.3, -0.25) is 0 Å². The predicted molar refractivity (Wildman–Crippen MR) is 86.0 cm³/mol. The van der Waals surface area contributed by atoms with Crippen LogP contribution in [-0.4, -0.2) is 24.5 Å². The van der Waals surface area contributed by atoms with Gasteiger partial charge in [0.15, 0.2) is 11.5 Å². The number of fused-ring (bicyclic) bond motifs is 1. The fourth-order valence-corrected chi connectivity index (χ4v) is 2.27. The molecule has 0 aliphatic carbocycles. The molecule has 0 radical (unpaired) electrons. The number of aliphatic hydroxyl groups excluding tert-OH is 1. The summed E-state index contributed by atoms with van der Waals surface area (Å²) >= 11 is 5.79. The molecular weight excluding hydrogens is 320 g/mol. The number of urea groups is 1. The summed E-state index contributed by atoms with van der Waals surface area (Å²) in [5.41, 5.74) is 1.26. The molecule has 2 aromatic carbocycles. The molecule has 0 unspecified atom stereocenters. The van der Waals surface area contributed by atoms with Crippen molar-refractivity contribution in [2.45, 2.75) is 6.10 Å². The molecule has 1 aliphatic heterocycles. The molecule has 0 saturated carbocycles. The number of aliphatic hydroxyl groups is 1. The van der Waals surface area contributed by atoms with Crippen LogP contribution in [0.2, 0.25) is 5.02 Å². The molecule has 7 heteroatoms. The molecule has 0 fully saturated rings. The molecule has 3 N–H and O–H groups in total. The van der Waals surface area contributed by atoms with E-state index in [0.717, 1.165) is 0 Å². The summed E-state index contributed by atoms with van der Waals surface area (Å²) in [7, 11) is 0. The minimum Gasteiger partial charge on any atom is -0.454 e. The maximum absolute atomic E-state index is 11.9. The van der Waals surface area contributed by atoms with Crippen LogP contribution in [-0.2, 0) is 0 Å². The van der Waals surface area contributed by atoms with Crippen molar-refractivity contribution in [2.75, 3.05) is 18.7 Å². The number of amides is 2. The van der Waals surface area contributed by atoms with Crippen molar-refractivity contribution in [3.8, 4) is 11.5 Å². The number of carbonyl (C=O) groups is 1. The van der Waals surface area contributed by atoms with E-state index in [-0.39, 0.29) is 13.3 Å². The van der Waals surface area contributed by atoms with Gasteiger partial charge in [0.25, 0.3) is 0 Å². The second kappa shape index (κ2) is 6.76. The van der Waals surface area contributed by atoms with Gasteiger partial charge in [-0.15, -0.1) is 0 Å². The number of hydrogen-bond donors (Lipinski definition) is 3. The molecule has 0 aromatic heterocycles. The number of nitrogens with one attached hydrogen (secondary N) is 2. The van der Waals surface area contributed by atoms with Crippen LogP contribution in [0, 0.1) is 0 Å². The zero-order valence-electron chi connectivity index (χ0n) is 12.1. The maximum Gasteiger partial charge on any atom is 0.319 e. The molecule has 120 valence electrons. The maximum atomic E-state index is 11.9. The van der Waals surface area contributed by atoms with E-state index < -0.39 is 12.1 Å². The fourth-order valence-electron chi connectivity index (χ4n) is 2.14. The molecule has 0 saturated heterocycles. The Morgan fingerprint density at radius 1 is 1.17 bits per heavy atom. The number of hydrogen-bond acceptors (Lipinski definition) is 4. The van der Waals surface area contributed by atoms with E-state index in [0.29, 0.717) is 27.8 Å². The van der Waals surface area contributed by atoms with Gasteiger partial charge in [-0.05, 0) is 29.8 Å². The lowest BCUT2D eigenvalue weighted by molar-refractivity contribution is 0.174. The first-order chi connectivity index (χ1) is 11.1. The molecule has 3 rings (SSSR count). The number of rotatable bonds is 4. The van der Waals surface area contributed by atoms with Crippen LogP contribution in [0.4, 0.5) is 10.5 Å². The fraction of sp³-hybridized carbons (Fsp3) is 0.188. The number of anilines is 1. The average molecular weight is 335 g/mol. The highest BCUT2D eigenvalue weighted by Crippen LogP contribution is 2.34. The van der Waals surface area contributed by atoms with E-state index in [4.69, 9.17) is 21.1 Å². The second-order valence-corrected chi connectivity index (χ2v) is 5.41. The number of carbonyl (C=O) groups excluding carboxylic acids is 1. The van der Waals surface area contributed by atoms with Crippen molar-refractivity contribution in [2.24, 2.45) is 0 Å². The first kappa shape index (κ1) is 15.5. The Morgan fingerprint density at radius 3 is 2.70 bits per heavy atom. The Bertz CT molecular complexity index is 706. The quantitative estimate of drug-likeness (QED) is 0.803. The Balaban J connectivity index is 1.52. The molecule has 2 aromatic rings. The van der Waals surface area contributed by atoms with Crippen LogP contribution in [0.5, 0.6) is 11.5 Å². The summed E-state index contributed by atoms with van der Waals surface area (Å²) < 4.78 is 10.4. The topological polar surface area (TPSA) is 79.8 Å². The van der Waals surface area contributed by atoms with Crippen LogP contribution in [0.1, 0.15) is 11.7 Å². The number of ether oxygens (including phenoxy) is 2. The molecule has 1 aliphatic rings. The normalized spacial score (nSPS) is 13.5. The summed E-state index contributed by atoms with van der Waals surface area (Å²) in [6, 6.07) is 11.5. The monoisotopic (exact) mass is 334 g/mol. The van der Waals surface area contributed by atoms with Gasteiger partial charge in [-0.1, -0.05) is 23.7 Å². The minimum atomic E-state index is -0.810. The molecule has 1 heterocycles. The van der Waals surface area contributed by atoms with Crippen LogP contribution < -0.4 is 20.1 Å². The first-order valence-corrected chi connectivity index (χ1v) is 7.37. The van der Waals surface area contributed by atoms with Gasteiger partial charge in [0.2, 0.25) is 6.79 Å². The van der Waals surface area contributed by atoms with Crippen LogP contribution in [0.25, 0.3) is 0 Å². The molecule has 6 nitrogen and oxygen atoms in total. The Morgan fingerprint density at radius 2 is 1.91 bits per heavy atom. The number of benzene rings is 2. The van der Waals surface area contributed by atoms with Crippen molar-refractivity contribution in [1.29, 1.82) is 0 Å². The predicted octanol–water partition coefficient (Wildman–Crippen LogP) is 2.92. The molecule has 2 amide bonds. The van der Waals surface area contributed by atoms with E-state index in [1.807, 2.05) is 0 Å². The highest BCUT2D eigenvalue weighted by Gasteiger charge is 2.14. The summed E-state index contributed by atoms with van der Waals surface area (Å²) in [5.74, 6) is 1.23. The molecule has 23 heavy (non-hydrogen) atoms. The van der Waals surface area contributed by atoms with Crippen molar-refractivity contribution >= 4 is 23.3 Å². The standard InChI is InChI=1S/C16H15ClN2O4/c17-11-3-1-10(2-4-11)13(20)8-18-16(21)19-12-5-6-14-15(7-12)23-9-22-14/h1-7,13,20H,8-9H2,(H2,18,19,21)/t13-/m1/s1. The van der Waals surface area contributed by atoms with E-state index >= 15 is 0 Å². The summed E-state index contributed by atoms with van der Waals surface area (Å²) in [4.78, 5) is 11.9. The molecule has 0 spiro atoms. The Kier molecular flexibility index (Phi) is 4.55. The van der Waals surface area contributed by atoms with Gasteiger partial charge in [0.1, 0.15) is 0 Å². The van der Waals surface area contributed by atoms with Crippen molar-refractivity contribution in [3.05, 3.63) is 53.1 Å². The minimum absolute atomic E-state index is 0.0814. The van der Waals surface area contributed by atoms with E-state index in [1.54, 1.807) is 42.5 Å². The molecule has 0 bridgehead atoms. The van der Waals surface area contributed by atoms with Gasteiger partial charge in [-0.25, -0.2) is 4.79 Å². The second-order valence-electron chi connectivity index (χ2n) is 4.97. The zero-order valence-corrected chi connectivity index (χ0v) is 12.8.